The molecule has 26 heavy (non-hydrogen) atoms. The summed E-state index contributed by atoms with van der Waals surface area (Å²) in [5, 5.41) is 0. The van der Waals surface area contributed by atoms with Gasteiger partial charge in [0.25, 0.3) is 0 Å². The number of ether oxygens (including phenoxy) is 2. The summed E-state index contributed by atoms with van der Waals surface area (Å²) < 4.78 is 11.4. The number of nitrogens with one attached hydrogen (secondary N) is 1. The number of imidazole rings is 1. The lowest BCUT2D eigenvalue weighted by molar-refractivity contribution is 0.116. The van der Waals surface area contributed by atoms with E-state index < -0.39 is 0 Å². The Morgan fingerprint density at radius 3 is 2.58 bits per heavy atom. The quantitative estimate of drug-likeness (QED) is 0.525. The normalized spacial score (nSPS) is 10.9. The first-order valence-electron chi connectivity index (χ1n) is 8.93. The molecule has 3 aromatic rings. The molecule has 136 valence electrons. The molecule has 0 amide bonds. The molecular weight excluding hydrogens is 328 g/mol. The summed E-state index contributed by atoms with van der Waals surface area (Å²) in [6.45, 7) is 5.84. The lowest BCUT2D eigenvalue weighted by atomic mass is 10.1. The van der Waals surface area contributed by atoms with Gasteiger partial charge < -0.3 is 14.5 Å². The van der Waals surface area contributed by atoms with E-state index in [1.54, 1.807) is 6.33 Å². The van der Waals surface area contributed by atoms with Crippen molar-refractivity contribution in [3.63, 3.8) is 0 Å². The Morgan fingerprint density at radius 1 is 0.962 bits per heavy atom. The second-order valence-electron chi connectivity index (χ2n) is 6.04. The van der Waals surface area contributed by atoms with Crippen LogP contribution in [-0.2, 0) is 11.3 Å². The van der Waals surface area contributed by atoms with Crippen molar-refractivity contribution in [2.75, 3.05) is 13.2 Å². The van der Waals surface area contributed by atoms with Gasteiger partial charge in [-0.2, -0.15) is 4.98 Å². The molecule has 0 saturated heterocycles. The van der Waals surface area contributed by atoms with E-state index in [2.05, 4.69) is 50.8 Å². The molecule has 0 unspecified atom stereocenters. The molecule has 0 aliphatic heterocycles. The molecule has 0 saturated carbocycles. The smallest absolute Gasteiger partial charge is 0.243 e. The number of hydrogen-bond acceptors (Lipinski definition) is 5. The number of unbranched alkanes of at least 4 members (excludes halogenated alkanes) is 3. The van der Waals surface area contributed by atoms with Crippen LogP contribution < -0.4 is 4.74 Å². The summed E-state index contributed by atoms with van der Waals surface area (Å²) in [6, 6.07) is 8.27. The molecular formula is C20H24N4O2. The van der Waals surface area contributed by atoms with E-state index in [4.69, 9.17) is 9.47 Å². The fourth-order valence-electron chi connectivity index (χ4n) is 2.62. The van der Waals surface area contributed by atoms with Crippen molar-refractivity contribution in [1.82, 2.24) is 19.9 Å². The third-order valence-corrected chi connectivity index (χ3v) is 4.09. The zero-order chi connectivity index (χ0) is 18.0. The second kappa shape index (κ2) is 9.68. The average Bonchev–Trinajstić information content (AvgIpc) is 3.17. The summed E-state index contributed by atoms with van der Waals surface area (Å²) in [7, 11) is 0. The monoisotopic (exact) mass is 352 g/mol. The van der Waals surface area contributed by atoms with Crippen LogP contribution in [0.25, 0.3) is 17.2 Å². The fourth-order valence-corrected chi connectivity index (χ4v) is 2.62. The molecule has 0 spiro atoms. The molecule has 0 aliphatic rings. The van der Waals surface area contributed by atoms with E-state index in [9.17, 15) is 0 Å². The first-order chi connectivity index (χ1) is 12.9. The van der Waals surface area contributed by atoms with Gasteiger partial charge in [0.1, 0.15) is 11.8 Å². The standard InChI is InChI=1S/C20H24N4O2/c1-2-16-7-9-17(10-8-16)13-25-11-5-3-4-6-12-26-20-18-19(22-14-21-18)23-15-24-20/h2,7-10,14-15H,1,3-6,11-13H2,(H,21,22,23,24). The van der Waals surface area contributed by atoms with Crippen LogP contribution in [0.2, 0.25) is 0 Å². The van der Waals surface area contributed by atoms with Crippen LogP contribution in [0.5, 0.6) is 5.88 Å². The first-order valence-corrected chi connectivity index (χ1v) is 8.93. The molecule has 3 rings (SSSR count). The van der Waals surface area contributed by atoms with Crippen molar-refractivity contribution in [3.8, 4) is 5.88 Å². The third kappa shape index (κ3) is 5.13. The SMILES string of the molecule is C=Cc1ccc(COCCCCCCOc2ncnc3nc[nH]c23)cc1. The van der Waals surface area contributed by atoms with Gasteiger partial charge in [-0.15, -0.1) is 0 Å². The number of hydrogen-bond donors (Lipinski definition) is 1. The summed E-state index contributed by atoms with van der Waals surface area (Å²) in [5.74, 6) is 0.568. The Kier molecular flexibility index (Phi) is 6.73. The van der Waals surface area contributed by atoms with Gasteiger partial charge in [0.15, 0.2) is 5.65 Å². The molecule has 0 bridgehead atoms. The first kappa shape index (κ1) is 18.1. The van der Waals surface area contributed by atoms with E-state index in [0.717, 1.165) is 43.4 Å². The van der Waals surface area contributed by atoms with Crippen LogP contribution in [0, 0.1) is 0 Å². The van der Waals surface area contributed by atoms with E-state index in [1.807, 2.05) is 6.08 Å². The lowest BCUT2D eigenvalue weighted by Crippen LogP contribution is -2.01. The van der Waals surface area contributed by atoms with E-state index >= 15 is 0 Å². The van der Waals surface area contributed by atoms with Gasteiger partial charge in [0.05, 0.1) is 19.5 Å². The zero-order valence-electron chi connectivity index (χ0n) is 14.9. The zero-order valence-corrected chi connectivity index (χ0v) is 14.9. The molecule has 0 fully saturated rings. The Balaban J connectivity index is 1.23. The van der Waals surface area contributed by atoms with Gasteiger partial charge in [-0.05, 0) is 30.4 Å². The predicted molar refractivity (Wildman–Crippen MR) is 102 cm³/mol. The minimum atomic E-state index is 0.568. The maximum atomic E-state index is 5.72. The third-order valence-electron chi connectivity index (χ3n) is 4.09. The van der Waals surface area contributed by atoms with Crippen molar-refractivity contribution in [2.24, 2.45) is 0 Å². The molecule has 0 aliphatic carbocycles. The van der Waals surface area contributed by atoms with Gasteiger partial charge in [0.2, 0.25) is 5.88 Å². The maximum Gasteiger partial charge on any atom is 0.243 e. The van der Waals surface area contributed by atoms with Gasteiger partial charge >= 0.3 is 0 Å². The fraction of sp³-hybridized carbons (Fsp3) is 0.350. The van der Waals surface area contributed by atoms with Crippen LogP contribution >= 0.6 is 0 Å². The molecule has 0 atom stereocenters. The molecule has 6 heteroatoms. The number of H-pyrrole nitrogens is 1. The number of aromatic amines is 1. The van der Waals surface area contributed by atoms with Crippen molar-refractivity contribution >= 4 is 17.2 Å². The molecule has 1 N–H and O–H groups in total. The molecule has 0 radical (unpaired) electrons. The van der Waals surface area contributed by atoms with Crippen LogP contribution in [0.15, 0.2) is 43.5 Å². The number of fused-ring (bicyclic) bond motifs is 1. The van der Waals surface area contributed by atoms with Gasteiger partial charge in [-0.1, -0.05) is 43.3 Å². The highest BCUT2D eigenvalue weighted by Crippen LogP contribution is 2.17. The number of rotatable bonds is 11. The van der Waals surface area contributed by atoms with Crippen molar-refractivity contribution < 1.29 is 9.47 Å². The van der Waals surface area contributed by atoms with Crippen LogP contribution in [0.4, 0.5) is 0 Å². The van der Waals surface area contributed by atoms with Crippen molar-refractivity contribution in [1.29, 1.82) is 0 Å². The van der Waals surface area contributed by atoms with Crippen LogP contribution in [0.1, 0.15) is 36.8 Å². The van der Waals surface area contributed by atoms with E-state index in [-0.39, 0.29) is 0 Å². The van der Waals surface area contributed by atoms with E-state index in [1.165, 1.54) is 11.9 Å². The summed E-state index contributed by atoms with van der Waals surface area (Å²) in [6.07, 6.45) is 9.19. The molecule has 1 aromatic carbocycles. The Labute approximate surface area is 153 Å². The lowest BCUT2D eigenvalue weighted by Gasteiger charge is -2.06. The highest BCUT2D eigenvalue weighted by atomic mass is 16.5. The largest absolute Gasteiger partial charge is 0.476 e. The van der Waals surface area contributed by atoms with Gasteiger partial charge in [0, 0.05) is 6.61 Å². The number of nitrogens with zero attached hydrogens (tertiary/aromatic N) is 3. The molecule has 2 heterocycles. The van der Waals surface area contributed by atoms with Crippen molar-refractivity contribution in [2.45, 2.75) is 32.3 Å². The Bertz CT molecular complexity index is 814. The summed E-state index contributed by atoms with van der Waals surface area (Å²) in [5.41, 5.74) is 3.71. The minimum Gasteiger partial charge on any atom is -0.476 e. The minimum absolute atomic E-state index is 0.568. The van der Waals surface area contributed by atoms with Crippen molar-refractivity contribution in [3.05, 3.63) is 54.6 Å². The van der Waals surface area contributed by atoms with Gasteiger partial charge in [-0.3, -0.25) is 0 Å². The van der Waals surface area contributed by atoms with E-state index in [0.29, 0.717) is 24.7 Å². The molecule has 6 nitrogen and oxygen atoms in total. The van der Waals surface area contributed by atoms with Gasteiger partial charge in [-0.25, -0.2) is 9.97 Å². The topological polar surface area (TPSA) is 72.9 Å². The Hall–Kier alpha value is -2.73. The Morgan fingerprint density at radius 2 is 1.77 bits per heavy atom. The highest BCUT2D eigenvalue weighted by molar-refractivity contribution is 5.74. The second-order valence-corrected chi connectivity index (χ2v) is 6.04. The number of benzene rings is 1. The predicted octanol–water partition coefficient (Wildman–Crippen LogP) is 4.15. The maximum absolute atomic E-state index is 5.72. The number of aromatic nitrogens is 4. The highest BCUT2D eigenvalue weighted by Gasteiger charge is 2.06. The average molecular weight is 352 g/mol. The molecule has 2 aromatic heterocycles. The summed E-state index contributed by atoms with van der Waals surface area (Å²) >= 11 is 0. The van der Waals surface area contributed by atoms with Crippen LogP contribution in [0.3, 0.4) is 0 Å². The summed E-state index contributed by atoms with van der Waals surface area (Å²) in [4.78, 5) is 15.3. The van der Waals surface area contributed by atoms with Crippen LogP contribution in [-0.4, -0.2) is 33.1 Å².